The van der Waals surface area contributed by atoms with Crippen molar-refractivity contribution in [2.75, 3.05) is 37.4 Å². The number of nitrogens with one attached hydrogen (secondary N) is 1. The van der Waals surface area contributed by atoms with Crippen molar-refractivity contribution in [3.63, 3.8) is 0 Å². The van der Waals surface area contributed by atoms with Crippen LogP contribution in [0.5, 0.6) is 0 Å². The van der Waals surface area contributed by atoms with E-state index < -0.39 is 0 Å². The van der Waals surface area contributed by atoms with E-state index in [2.05, 4.69) is 65.7 Å². The van der Waals surface area contributed by atoms with Gasteiger partial charge in [0.1, 0.15) is 0 Å². The predicted molar refractivity (Wildman–Crippen MR) is 141 cm³/mol. The Morgan fingerprint density at radius 1 is 1.00 bits per heavy atom. The van der Waals surface area contributed by atoms with Gasteiger partial charge in [0.05, 0.1) is 5.69 Å². The molecule has 0 fully saturated rings. The minimum absolute atomic E-state index is 0.0778. The molecule has 5 nitrogen and oxygen atoms in total. The van der Waals surface area contributed by atoms with Crippen LogP contribution in [-0.2, 0) is 12.8 Å². The van der Waals surface area contributed by atoms with Crippen LogP contribution in [0.3, 0.4) is 0 Å². The lowest BCUT2D eigenvalue weighted by atomic mass is 9.98. The Labute approximate surface area is 201 Å². The molecule has 0 bridgehead atoms. The van der Waals surface area contributed by atoms with Crippen molar-refractivity contribution in [3.05, 3.63) is 90.3 Å². The van der Waals surface area contributed by atoms with Crippen LogP contribution in [-0.4, -0.2) is 43.1 Å². The summed E-state index contributed by atoms with van der Waals surface area (Å²) in [4.78, 5) is 21.6. The number of rotatable bonds is 6. The molecule has 2 amide bonds. The van der Waals surface area contributed by atoms with Gasteiger partial charge in [-0.05, 0) is 91.8 Å². The minimum Gasteiger partial charge on any atom is -0.309 e. The molecule has 0 unspecified atom stereocenters. The van der Waals surface area contributed by atoms with Gasteiger partial charge in [-0.2, -0.15) is 0 Å². The van der Waals surface area contributed by atoms with Crippen LogP contribution in [0.25, 0.3) is 21.9 Å². The van der Waals surface area contributed by atoms with Crippen LogP contribution in [0.15, 0.2) is 79.1 Å². The lowest BCUT2D eigenvalue weighted by Gasteiger charge is -2.20. The Balaban J connectivity index is 1.39. The highest BCUT2D eigenvalue weighted by atomic mass is 16.2. The molecule has 0 radical (unpaired) electrons. The third kappa shape index (κ3) is 4.52. The first-order valence-electron chi connectivity index (χ1n) is 11.9. The average molecular weight is 451 g/mol. The van der Waals surface area contributed by atoms with Gasteiger partial charge in [-0.3, -0.25) is 9.88 Å². The summed E-state index contributed by atoms with van der Waals surface area (Å²) in [5, 5.41) is 5.33. The van der Waals surface area contributed by atoms with Gasteiger partial charge in [-0.1, -0.05) is 42.5 Å². The molecule has 0 spiro atoms. The molecule has 1 aromatic heterocycles. The fourth-order valence-corrected chi connectivity index (χ4v) is 4.76. The van der Waals surface area contributed by atoms with Crippen LogP contribution in [0.2, 0.25) is 0 Å². The summed E-state index contributed by atoms with van der Waals surface area (Å²) in [6.07, 6.45) is 6.62. The number of carbonyl (C=O) groups is 1. The smallest absolute Gasteiger partial charge is 0.309 e. The van der Waals surface area contributed by atoms with Crippen molar-refractivity contribution in [1.82, 2.24) is 9.88 Å². The van der Waals surface area contributed by atoms with E-state index in [1.807, 2.05) is 35.2 Å². The molecule has 5 rings (SSSR count). The van der Waals surface area contributed by atoms with E-state index in [-0.39, 0.29) is 6.03 Å². The summed E-state index contributed by atoms with van der Waals surface area (Å²) in [6, 6.07) is 22.8. The number of urea groups is 1. The number of amides is 2. The standard InChI is InChI=1S/C29H30N4O/c1-32(2)18-5-6-21-9-10-23-15-19-33(28(23)20-21)29(34)31-27-12-11-24(22-13-16-30-17-14-22)25-7-3-4-8-26(25)27/h3-4,7-14,16-17,20H,5-6,15,18-19H2,1-2H3,(H,31,34). The zero-order chi connectivity index (χ0) is 23.5. The SMILES string of the molecule is CN(C)CCCc1ccc2c(c1)N(C(=O)Nc1ccc(-c3ccncc3)c3ccccc13)CC2. The molecule has 172 valence electrons. The zero-order valence-electron chi connectivity index (χ0n) is 19.8. The number of carbonyl (C=O) groups excluding carboxylic acids is 1. The highest BCUT2D eigenvalue weighted by molar-refractivity contribution is 6.11. The first kappa shape index (κ1) is 22.1. The molecule has 1 N–H and O–H groups in total. The second-order valence-electron chi connectivity index (χ2n) is 9.14. The largest absolute Gasteiger partial charge is 0.326 e. The van der Waals surface area contributed by atoms with Gasteiger partial charge in [-0.15, -0.1) is 0 Å². The Bertz CT molecular complexity index is 1320. The Hall–Kier alpha value is -3.70. The molecule has 0 saturated carbocycles. The fourth-order valence-electron chi connectivity index (χ4n) is 4.76. The van der Waals surface area contributed by atoms with Crippen molar-refractivity contribution < 1.29 is 4.79 Å². The van der Waals surface area contributed by atoms with E-state index in [1.54, 1.807) is 12.4 Å². The van der Waals surface area contributed by atoms with Gasteiger partial charge in [0.25, 0.3) is 0 Å². The number of aryl methyl sites for hydroxylation is 1. The molecular weight excluding hydrogens is 420 g/mol. The van der Waals surface area contributed by atoms with Crippen LogP contribution in [0, 0.1) is 0 Å². The van der Waals surface area contributed by atoms with E-state index in [0.717, 1.165) is 59.1 Å². The van der Waals surface area contributed by atoms with Gasteiger partial charge < -0.3 is 10.2 Å². The molecule has 4 aromatic rings. The van der Waals surface area contributed by atoms with Crippen LogP contribution < -0.4 is 10.2 Å². The Morgan fingerprint density at radius 2 is 1.79 bits per heavy atom. The molecule has 1 aliphatic heterocycles. The van der Waals surface area contributed by atoms with Gasteiger partial charge in [0.15, 0.2) is 0 Å². The minimum atomic E-state index is -0.0778. The summed E-state index contributed by atoms with van der Waals surface area (Å²) in [5.41, 5.74) is 6.63. The number of hydrogen-bond donors (Lipinski definition) is 1. The maximum atomic E-state index is 13.4. The van der Waals surface area contributed by atoms with Crippen LogP contribution in [0.1, 0.15) is 17.5 Å². The molecule has 1 aliphatic rings. The van der Waals surface area contributed by atoms with Crippen molar-refractivity contribution in [2.24, 2.45) is 0 Å². The average Bonchev–Trinajstić information content (AvgIpc) is 3.28. The van der Waals surface area contributed by atoms with Gasteiger partial charge in [0, 0.05) is 30.0 Å². The van der Waals surface area contributed by atoms with E-state index in [9.17, 15) is 4.79 Å². The molecule has 0 atom stereocenters. The lowest BCUT2D eigenvalue weighted by molar-refractivity contribution is 0.257. The highest BCUT2D eigenvalue weighted by Gasteiger charge is 2.25. The summed E-state index contributed by atoms with van der Waals surface area (Å²) >= 11 is 0. The van der Waals surface area contributed by atoms with E-state index in [4.69, 9.17) is 0 Å². The molecule has 0 aliphatic carbocycles. The first-order valence-corrected chi connectivity index (χ1v) is 11.9. The third-order valence-electron chi connectivity index (χ3n) is 6.52. The number of anilines is 2. The lowest BCUT2D eigenvalue weighted by Crippen LogP contribution is -2.33. The van der Waals surface area contributed by atoms with E-state index in [0.29, 0.717) is 6.54 Å². The van der Waals surface area contributed by atoms with E-state index >= 15 is 0 Å². The molecule has 2 heterocycles. The molecule has 0 saturated heterocycles. The molecule has 34 heavy (non-hydrogen) atoms. The summed E-state index contributed by atoms with van der Waals surface area (Å²) in [6.45, 7) is 1.76. The number of nitrogens with zero attached hydrogens (tertiary/aromatic N) is 3. The summed E-state index contributed by atoms with van der Waals surface area (Å²) in [7, 11) is 4.20. The monoisotopic (exact) mass is 450 g/mol. The molecule has 5 heteroatoms. The number of fused-ring (bicyclic) bond motifs is 2. The van der Waals surface area contributed by atoms with E-state index in [1.165, 1.54) is 11.1 Å². The van der Waals surface area contributed by atoms with Crippen molar-refractivity contribution in [2.45, 2.75) is 19.3 Å². The topological polar surface area (TPSA) is 48.5 Å². The van der Waals surface area contributed by atoms with Gasteiger partial charge >= 0.3 is 6.03 Å². The molecule has 3 aromatic carbocycles. The zero-order valence-corrected chi connectivity index (χ0v) is 19.8. The van der Waals surface area contributed by atoms with Gasteiger partial charge in [0.2, 0.25) is 0 Å². The van der Waals surface area contributed by atoms with Crippen molar-refractivity contribution in [3.8, 4) is 11.1 Å². The van der Waals surface area contributed by atoms with Crippen molar-refractivity contribution >= 4 is 28.2 Å². The number of benzene rings is 3. The number of aromatic nitrogens is 1. The second kappa shape index (κ2) is 9.65. The van der Waals surface area contributed by atoms with Crippen LogP contribution in [0.4, 0.5) is 16.2 Å². The second-order valence-corrected chi connectivity index (χ2v) is 9.14. The summed E-state index contributed by atoms with van der Waals surface area (Å²) in [5.74, 6) is 0. The maximum absolute atomic E-state index is 13.4. The highest BCUT2D eigenvalue weighted by Crippen LogP contribution is 2.34. The third-order valence-corrected chi connectivity index (χ3v) is 6.52. The Kier molecular flexibility index (Phi) is 6.28. The quantitative estimate of drug-likeness (QED) is 0.392. The summed E-state index contributed by atoms with van der Waals surface area (Å²) < 4.78 is 0. The van der Waals surface area contributed by atoms with Gasteiger partial charge in [-0.25, -0.2) is 4.79 Å². The fraction of sp³-hybridized carbons (Fsp3) is 0.241. The Morgan fingerprint density at radius 3 is 2.59 bits per heavy atom. The molecular formula is C29H30N4O. The normalized spacial score (nSPS) is 12.9. The number of hydrogen-bond acceptors (Lipinski definition) is 3. The number of pyridine rings is 1. The van der Waals surface area contributed by atoms with Crippen LogP contribution >= 0.6 is 0 Å². The van der Waals surface area contributed by atoms with Crippen molar-refractivity contribution in [1.29, 1.82) is 0 Å². The maximum Gasteiger partial charge on any atom is 0.326 e. The first-order chi connectivity index (χ1) is 16.6. The predicted octanol–water partition coefficient (Wildman–Crippen LogP) is 5.99.